The van der Waals surface area contributed by atoms with Crippen LogP contribution in [0.2, 0.25) is 0 Å². The average Bonchev–Trinajstić information content (AvgIpc) is 2.71. The maximum atomic E-state index is 13.0. The molecule has 4 rings (SSSR count). The summed E-state index contributed by atoms with van der Waals surface area (Å²) in [5.74, 6) is 0.136. The van der Waals surface area contributed by atoms with Crippen LogP contribution in [-0.4, -0.2) is 19.3 Å². The van der Waals surface area contributed by atoms with E-state index in [0.717, 1.165) is 21.9 Å². The molecule has 1 heterocycles. The van der Waals surface area contributed by atoms with Crippen LogP contribution in [0, 0.1) is 11.3 Å². The van der Waals surface area contributed by atoms with Crippen molar-refractivity contribution in [2.45, 2.75) is 25.8 Å². The molecule has 1 unspecified atom stereocenters. The molecule has 1 N–H and O–H groups in total. The second-order valence-corrected chi connectivity index (χ2v) is 9.13. The highest BCUT2D eigenvalue weighted by atomic mass is 32.2. The Balaban J connectivity index is 1.87. The zero-order valence-electron chi connectivity index (χ0n) is 15.5. The van der Waals surface area contributed by atoms with Crippen molar-refractivity contribution in [3.63, 3.8) is 0 Å². The topological polar surface area (TPSA) is 81.4 Å². The molecule has 0 fully saturated rings. The van der Waals surface area contributed by atoms with Crippen LogP contribution >= 0.6 is 0 Å². The summed E-state index contributed by atoms with van der Waals surface area (Å²) in [6.45, 7) is 1.64. The molecule has 0 aliphatic carbocycles. The first-order valence-electron chi connectivity index (χ1n) is 9.21. The smallest absolute Gasteiger partial charge is 0.235 e. The largest absolute Gasteiger partial charge is 0.508 e. The number of fused-ring (bicyclic) bond motifs is 2. The molecule has 28 heavy (non-hydrogen) atoms. The second-order valence-electron chi connectivity index (χ2n) is 7.00. The maximum Gasteiger partial charge on any atom is 0.235 e. The monoisotopic (exact) mass is 392 g/mol. The number of hydrogen-bond donors (Lipinski definition) is 1. The molecule has 1 aliphatic heterocycles. The van der Waals surface area contributed by atoms with E-state index < -0.39 is 10.0 Å². The Kier molecular flexibility index (Phi) is 4.48. The Morgan fingerprint density at radius 3 is 2.64 bits per heavy atom. The zero-order chi connectivity index (χ0) is 19.9. The lowest BCUT2D eigenvalue weighted by atomic mass is 9.92. The van der Waals surface area contributed by atoms with Crippen molar-refractivity contribution in [3.8, 4) is 11.8 Å². The van der Waals surface area contributed by atoms with Gasteiger partial charge in [-0.05, 0) is 78.1 Å². The summed E-state index contributed by atoms with van der Waals surface area (Å²) in [5.41, 5.74) is 2.94. The number of aromatic hydroxyl groups is 1. The number of aryl methyl sites for hydroxylation is 1. The second kappa shape index (κ2) is 6.84. The first-order chi connectivity index (χ1) is 13.4. The molecule has 6 heteroatoms. The number of rotatable bonds is 3. The van der Waals surface area contributed by atoms with Gasteiger partial charge >= 0.3 is 0 Å². The summed E-state index contributed by atoms with van der Waals surface area (Å²) < 4.78 is 27.4. The van der Waals surface area contributed by atoms with Crippen molar-refractivity contribution in [1.82, 2.24) is 0 Å². The highest BCUT2D eigenvalue weighted by Crippen LogP contribution is 2.42. The predicted octanol–water partition coefficient (Wildman–Crippen LogP) is 4.26. The van der Waals surface area contributed by atoms with Crippen molar-refractivity contribution in [1.29, 1.82) is 5.26 Å². The molecule has 0 spiro atoms. The van der Waals surface area contributed by atoms with Gasteiger partial charge in [-0.3, -0.25) is 4.31 Å². The molecule has 0 amide bonds. The zero-order valence-corrected chi connectivity index (χ0v) is 16.3. The van der Waals surface area contributed by atoms with Crippen molar-refractivity contribution in [2.75, 3.05) is 10.1 Å². The lowest BCUT2D eigenvalue weighted by Crippen LogP contribution is -2.39. The third kappa shape index (κ3) is 3.08. The maximum absolute atomic E-state index is 13.0. The predicted molar refractivity (Wildman–Crippen MR) is 110 cm³/mol. The fraction of sp³-hybridized carbons (Fsp3) is 0.227. The normalized spacial score (nSPS) is 16.6. The number of sulfonamides is 1. The minimum atomic E-state index is -3.51. The minimum absolute atomic E-state index is 0.00399. The summed E-state index contributed by atoms with van der Waals surface area (Å²) in [6.07, 6.45) is 1.31. The number of benzene rings is 3. The van der Waals surface area contributed by atoms with Gasteiger partial charge in [0.05, 0.1) is 29.1 Å². The molecule has 5 nitrogen and oxygen atoms in total. The number of hydrogen-bond acceptors (Lipinski definition) is 4. The number of phenols is 1. The van der Waals surface area contributed by atoms with Crippen LogP contribution in [0.3, 0.4) is 0 Å². The fourth-order valence-corrected chi connectivity index (χ4v) is 5.26. The Morgan fingerprint density at radius 2 is 1.89 bits per heavy atom. The lowest BCUT2D eigenvalue weighted by molar-refractivity contribution is 0.473. The highest BCUT2D eigenvalue weighted by Gasteiger charge is 2.35. The average molecular weight is 392 g/mol. The van der Waals surface area contributed by atoms with E-state index in [1.165, 1.54) is 10.4 Å². The van der Waals surface area contributed by atoms with E-state index in [2.05, 4.69) is 6.07 Å². The molecule has 3 aromatic rings. The van der Waals surface area contributed by atoms with E-state index in [9.17, 15) is 13.5 Å². The van der Waals surface area contributed by atoms with Gasteiger partial charge in [-0.15, -0.1) is 0 Å². The standard InChI is InChI=1S/C22H20N2O3S/c1-2-28(26,27)24-21(9-7-18-13-20(25)8-10-22(18)24)17-6-5-16-4-3-15(14-23)11-19(16)12-17/h3-6,8,10-13,21,25H,2,7,9H2,1H3. The summed E-state index contributed by atoms with van der Waals surface area (Å²) >= 11 is 0. The first-order valence-corrected chi connectivity index (χ1v) is 10.8. The van der Waals surface area contributed by atoms with E-state index >= 15 is 0 Å². The van der Waals surface area contributed by atoms with E-state index in [4.69, 9.17) is 5.26 Å². The van der Waals surface area contributed by atoms with Gasteiger partial charge in [-0.25, -0.2) is 8.42 Å². The van der Waals surface area contributed by atoms with Crippen molar-refractivity contribution in [3.05, 3.63) is 71.3 Å². The van der Waals surface area contributed by atoms with Gasteiger partial charge < -0.3 is 5.11 Å². The fourth-order valence-electron chi connectivity index (χ4n) is 3.89. The van der Waals surface area contributed by atoms with Crippen molar-refractivity contribution in [2.24, 2.45) is 0 Å². The SMILES string of the molecule is CCS(=O)(=O)N1c2ccc(O)cc2CCC1c1ccc2ccc(C#N)cc2c1. The Hall–Kier alpha value is -3.04. The summed E-state index contributed by atoms with van der Waals surface area (Å²) in [4.78, 5) is 0. The van der Waals surface area contributed by atoms with E-state index in [0.29, 0.717) is 24.1 Å². The summed E-state index contributed by atoms with van der Waals surface area (Å²) in [6, 6.07) is 18.1. The van der Waals surface area contributed by atoms with Crippen LogP contribution in [-0.2, 0) is 16.4 Å². The molecule has 0 saturated heterocycles. The van der Waals surface area contributed by atoms with Crippen LogP contribution in [0.15, 0.2) is 54.6 Å². The Labute approximate surface area is 164 Å². The number of nitrogens with zero attached hydrogens (tertiary/aromatic N) is 2. The summed E-state index contributed by atoms with van der Waals surface area (Å²) in [5, 5.41) is 20.9. The van der Waals surface area contributed by atoms with Gasteiger partial charge in [0.15, 0.2) is 0 Å². The lowest BCUT2D eigenvalue weighted by Gasteiger charge is -2.38. The molecule has 0 saturated carbocycles. The Bertz CT molecular complexity index is 1210. The van der Waals surface area contributed by atoms with Gasteiger partial charge in [0.2, 0.25) is 10.0 Å². The molecule has 3 aromatic carbocycles. The van der Waals surface area contributed by atoms with Gasteiger partial charge in [-0.1, -0.05) is 18.2 Å². The molecule has 1 aliphatic rings. The molecule has 1 atom stereocenters. The van der Waals surface area contributed by atoms with Crippen molar-refractivity contribution < 1.29 is 13.5 Å². The third-order valence-corrected chi connectivity index (χ3v) is 7.09. The number of nitriles is 1. The van der Waals surface area contributed by atoms with Crippen LogP contribution in [0.25, 0.3) is 10.8 Å². The van der Waals surface area contributed by atoms with Crippen LogP contribution in [0.4, 0.5) is 5.69 Å². The molecule has 0 bridgehead atoms. The van der Waals surface area contributed by atoms with Gasteiger partial charge in [0, 0.05) is 0 Å². The van der Waals surface area contributed by atoms with Crippen LogP contribution < -0.4 is 4.31 Å². The third-order valence-electron chi connectivity index (χ3n) is 5.31. The number of phenolic OH excluding ortho intramolecular Hbond substituents is 1. The number of anilines is 1. The van der Waals surface area contributed by atoms with Crippen molar-refractivity contribution >= 4 is 26.5 Å². The highest BCUT2D eigenvalue weighted by molar-refractivity contribution is 7.92. The molecule has 0 aromatic heterocycles. The molecule has 0 radical (unpaired) electrons. The Morgan fingerprint density at radius 1 is 1.11 bits per heavy atom. The van der Waals surface area contributed by atoms with Crippen LogP contribution in [0.1, 0.15) is 36.1 Å². The molecular weight excluding hydrogens is 372 g/mol. The summed E-state index contributed by atoms with van der Waals surface area (Å²) in [7, 11) is -3.51. The van der Waals surface area contributed by atoms with Gasteiger partial charge in [0.1, 0.15) is 5.75 Å². The molecule has 142 valence electrons. The van der Waals surface area contributed by atoms with E-state index in [1.54, 1.807) is 25.1 Å². The quantitative estimate of drug-likeness (QED) is 0.722. The van der Waals surface area contributed by atoms with Gasteiger partial charge in [-0.2, -0.15) is 5.26 Å². The van der Waals surface area contributed by atoms with E-state index in [-0.39, 0.29) is 17.5 Å². The first kappa shape index (κ1) is 18.3. The van der Waals surface area contributed by atoms with Crippen LogP contribution in [0.5, 0.6) is 5.75 Å². The minimum Gasteiger partial charge on any atom is -0.508 e. The van der Waals surface area contributed by atoms with E-state index in [1.807, 2.05) is 30.3 Å². The molecular formula is C22H20N2O3S. The van der Waals surface area contributed by atoms with Gasteiger partial charge in [0.25, 0.3) is 0 Å².